The fourth-order valence-electron chi connectivity index (χ4n) is 4.99. The van der Waals surface area contributed by atoms with E-state index in [9.17, 15) is 0 Å². The Balaban J connectivity index is 0.000000195. The van der Waals surface area contributed by atoms with Crippen molar-refractivity contribution in [2.45, 2.75) is 0 Å². The van der Waals surface area contributed by atoms with Gasteiger partial charge in [0.15, 0.2) is 0 Å². The third-order valence-corrected chi connectivity index (χ3v) is 13.9. The summed E-state index contributed by atoms with van der Waals surface area (Å²) in [4.78, 5) is 0. The smallest absolute Gasteiger partial charge is 1.00 e. The minimum absolute atomic E-state index is 0. The van der Waals surface area contributed by atoms with Crippen molar-refractivity contribution in [2.75, 3.05) is 0 Å². The Bertz CT molecular complexity index is 1790. The summed E-state index contributed by atoms with van der Waals surface area (Å²) in [5.74, 6) is 0. The summed E-state index contributed by atoms with van der Waals surface area (Å²) in [5.41, 5.74) is 2.60. The molecule has 0 aliphatic carbocycles. The van der Waals surface area contributed by atoms with Gasteiger partial charge < -0.3 is 24.8 Å². The summed E-state index contributed by atoms with van der Waals surface area (Å²) in [6.45, 7) is 4.89. The number of rotatable bonds is 1. The molecule has 182 valence electrons. The van der Waals surface area contributed by atoms with E-state index < -0.39 is 0 Å². The molecule has 0 saturated carbocycles. The molecule has 0 fully saturated rings. The Labute approximate surface area is 251 Å². The molecule has 2 unspecified atom stereocenters. The van der Waals surface area contributed by atoms with Crippen LogP contribution in [0.1, 0.15) is 0 Å². The van der Waals surface area contributed by atoms with Gasteiger partial charge in [-0.3, -0.25) is 0 Å². The van der Waals surface area contributed by atoms with E-state index in [1.165, 1.54) is 43.4 Å². The van der Waals surface area contributed by atoms with E-state index in [4.69, 9.17) is 0 Å². The van der Waals surface area contributed by atoms with Gasteiger partial charge in [-0.05, 0) is 24.3 Å². The number of hydrogen-bond donors (Lipinski definition) is 0. The molecule has 1 heterocycles. The molecule has 2 bridgehead atoms. The number of benzene rings is 4. The number of hydrogen-bond acceptors (Lipinski definition) is 0. The molecule has 0 nitrogen and oxygen atoms in total. The monoisotopic (exact) mass is 722 g/mol. The third kappa shape index (κ3) is 5.63. The molecule has 37 heavy (non-hydrogen) atoms. The largest absolute Gasteiger partial charge is 4.00 e. The molecule has 7 rings (SSSR count). The van der Waals surface area contributed by atoms with Gasteiger partial charge in [-0.25, -0.2) is 0 Å². The van der Waals surface area contributed by atoms with E-state index in [1.54, 1.807) is 10.2 Å². The van der Waals surface area contributed by atoms with Crippen molar-refractivity contribution < 1.29 is 50.7 Å². The maximum atomic E-state index is 2.44. The summed E-state index contributed by atoms with van der Waals surface area (Å²) in [6.07, 6.45) is 0. The zero-order chi connectivity index (χ0) is 23.1. The van der Waals surface area contributed by atoms with Crippen LogP contribution in [0, 0.1) is 0 Å². The predicted molar refractivity (Wildman–Crippen MR) is 156 cm³/mol. The number of aryl methyl sites for hydroxylation is 2. The summed E-state index contributed by atoms with van der Waals surface area (Å²) < 4.78 is 0. The number of fused-ring (bicyclic) bond motifs is 4. The van der Waals surface area contributed by atoms with Gasteiger partial charge in [-0.2, -0.15) is 18.2 Å². The van der Waals surface area contributed by atoms with Gasteiger partial charge >= 0.3 is 25.8 Å². The van der Waals surface area contributed by atoms with Crippen LogP contribution in [0.15, 0.2) is 121 Å². The fraction of sp³-hybridized carbons (Fsp3) is 0.0625. The zero-order valence-corrected chi connectivity index (χ0v) is 27.6. The molecule has 0 saturated heterocycles. The molecule has 2 atom stereocenters. The average molecular weight is 722 g/mol. The quantitative estimate of drug-likeness (QED) is 0.171. The van der Waals surface area contributed by atoms with Gasteiger partial charge in [0.25, 0.3) is 0 Å². The summed E-state index contributed by atoms with van der Waals surface area (Å²) in [5, 5.41) is 11.5. The van der Waals surface area contributed by atoms with Crippen molar-refractivity contribution in [3.63, 3.8) is 0 Å². The summed E-state index contributed by atoms with van der Waals surface area (Å²) in [7, 11) is -0.145. The predicted octanol–water partition coefficient (Wildman–Crippen LogP) is 4.71. The van der Waals surface area contributed by atoms with Crippen molar-refractivity contribution in [3.05, 3.63) is 121 Å². The zero-order valence-electron chi connectivity index (χ0n) is 20.7. The summed E-state index contributed by atoms with van der Waals surface area (Å²) >= 11 is 0. The normalized spacial score (nSPS) is 11.3. The molecule has 5 heteroatoms. The Hall–Kier alpha value is -1.85. The van der Waals surface area contributed by atoms with E-state index in [2.05, 4.69) is 135 Å². The van der Waals surface area contributed by atoms with Crippen molar-refractivity contribution in [1.82, 2.24) is 0 Å². The van der Waals surface area contributed by atoms with Crippen LogP contribution in [0.4, 0.5) is 0 Å². The van der Waals surface area contributed by atoms with Gasteiger partial charge in [-0.1, -0.05) is 82.8 Å². The Morgan fingerprint density at radius 1 is 0.568 bits per heavy atom. The summed E-state index contributed by atoms with van der Waals surface area (Å²) in [6, 6.07) is 44.0. The van der Waals surface area contributed by atoms with Crippen LogP contribution < -0.4 is 24.8 Å². The van der Waals surface area contributed by atoms with Crippen molar-refractivity contribution >= 4 is 57.0 Å². The van der Waals surface area contributed by atoms with Gasteiger partial charge in [0.05, 0.1) is 0 Å². The van der Waals surface area contributed by atoms with Crippen LogP contribution in [0.5, 0.6) is 0 Å². The van der Waals surface area contributed by atoms with Crippen molar-refractivity contribution in [1.29, 1.82) is 0 Å². The fourth-order valence-corrected chi connectivity index (χ4v) is 10.0. The van der Waals surface area contributed by atoms with E-state index in [0.717, 1.165) is 0 Å². The van der Waals surface area contributed by atoms with Crippen LogP contribution in [0.2, 0.25) is 0 Å². The maximum absolute atomic E-state index is 2.44. The van der Waals surface area contributed by atoms with Crippen LogP contribution in [-0.2, 0) is 39.2 Å². The Morgan fingerprint density at radius 2 is 1.24 bits per heavy atom. The first-order valence-electron chi connectivity index (χ1n) is 11.7. The van der Waals surface area contributed by atoms with Crippen molar-refractivity contribution in [3.8, 4) is 11.1 Å². The molecule has 7 aromatic rings. The van der Waals surface area contributed by atoms with E-state index >= 15 is 0 Å². The molecule has 6 aromatic carbocycles. The molecule has 0 radical (unpaired) electrons. The van der Waals surface area contributed by atoms with Gasteiger partial charge in [0.1, 0.15) is 0 Å². The second-order valence-corrected chi connectivity index (χ2v) is 15.5. The molecular formula is C32H26Cl2HfP2. The molecule has 0 N–H and O–H groups in total. The molecule has 0 aliphatic heterocycles. The van der Waals surface area contributed by atoms with Crippen molar-refractivity contribution in [2.24, 2.45) is 13.3 Å². The Kier molecular flexibility index (Phi) is 10.3. The van der Waals surface area contributed by atoms with Crippen LogP contribution in [0.3, 0.4) is 0 Å². The minimum atomic E-state index is -0.0844. The first kappa shape index (κ1) is 29.7. The van der Waals surface area contributed by atoms with Crippen LogP contribution in [-0.4, -0.2) is 0 Å². The molecule has 0 amide bonds. The minimum Gasteiger partial charge on any atom is -1.00 e. The van der Waals surface area contributed by atoms with E-state index in [1.807, 2.05) is 0 Å². The first-order chi connectivity index (χ1) is 16.7. The van der Waals surface area contributed by atoms with Gasteiger partial charge in [0.2, 0.25) is 0 Å². The second-order valence-electron chi connectivity index (χ2n) is 8.79. The van der Waals surface area contributed by atoms with Crippen LogP contribution >= 0.6 is 14.4 Å². The Morgan fingerprint density at radius 3 is 2.05 bits per heavy atom. The van der Waals surface area contributed by atoms with Crippen LogP contribution in [0.25, 0.3) is 53.7 Å². The molecular weight excluding hydrogens is 696 g/mol. The van der Waals surface area contributed by atoms with Gasteiger partial charge in [-0.15, -0.1) is 72.4 Å². The topological polar surface area (TPSA) is 0 Å². The third-order valence-electron chi connectivity index (χ3n) is 6.87. The maximum Gasteiger partial charge on any atom is 4.00 e. The number of halogens is 2. The molecule has 0 aliphatic rings. The van der Waals surface area contributed by atoms with E-state index in [0.29, 0.717) is 0 Å². The second kappa shape index (κ2) is 12.8. The molecule has 1 aromatic heterocycles. The van der Waals surface area contributed by atoms with E-state index in [-0.39, 0.29) is 65.1 Å². The SMILES string of the molecule is Cp1c2cc3c(cccc3c3ccccc3p1C)[cH-]2.[Cl-].[Cl-].[Hf+4].c1ccc(-c2cccc3[cH-]ccc23)cc1. The average Bonchev–Trinajstić information content (AvgIpc) is 3.55. The standard InChI is InChI=1S/C17H15P2.C15H11.2ClH.Hf/c1-18-13-10-12-6-5-8-14(16(12)11-13)15-7-3-4-9-17(15)19(18)2;1-2-6-12(7-3-1)14-10-4-8-13-9-5-11-15(13)14;;;/h3-11H,1-2H3;1-11H;2*1H;/q2*-1;;;+4/p-2. The first-order valence-corrected chi connectivity index (χ1v) is 15.9. The van der Waals surface area contributed by atoms with Gasteiger partial charge in [0, 0.05) is 5.12 Å². The molecule has 0 spiro atoms.